The largest absolute Gasteiger partial charge is 0.0617 e. The highest BCUT2D eigenvalue weighted by atomic mass is 14.9. The van der Waals surface area contributed by atoms with E-state index in [9.17, 15) is 0 Å². The second kappa shape index (κ2) is 2.08. The summed E-state index contributed by atoms with van der Waals surface area (Å²) >= 11 is 0. The summed E-state index contributed by atoms with van der Waals surface area (Å²) in [5.74, 6) is 1.77. The van der Waals surface area contributed by atoms with Gasteiger partial charge in [-0.25, -0.2) is 0 Å². The van der Waals surface area contributed by atoms with E-state index in [0.29, 0.717) is 21.7 Å². The van der Waals surface area contributed by atoms with E-state index < -0.39 is 0 Å². The van der Waals surface area contributed by atoms with Crippen LogP contribution in [0.2, 0.25) is 0 Å². The lowest BCUT2D eigenvalue weighted by Crippen LogP contribution is -2.84. The number of hydrogen-bond acceptors (Lipinski definition) is 0. The fraction of sp³-hybridized carbons (Fsp3) is 1.00. The lowest BCUT2D eigenvalue weighted by Gasteiger charge is -2.89. The van der Waals surface area contributed by atoms with E-state index in [1.165, 1.54) is 0 Å². The summed E-state index contributed by atoms with van der Waals surface area (Å²) in [6, 6.07) is 0. The van der Waals surface area contributed by atoms with Crippen molar-refractivity contribution < 1.29 is 0 Å². The van der Waals surface area contributed by atoms with Crippen LogP contribution >= 0.6 is 0 Å². The summed E-state index contributed by atoms with van der Waals surface area (Å²) in [7, 11) is 0. The maximum atomic E-state index is 2.52. The Bertz CT molecular complexity index is 256. The van der Waals surface area contributed by atoms with Gasteiger partial charge in [0.05, 0.1) is 0 Å². The van der Waals surface area contributed by atoms with Gasteiger partial charge in [-0.2, -0.15) is 0 Å². The van der Waals surface area contributed by atoms with Crippen LogP contribution in [0.15, 0.2) is 0 Å². The minimum absolute atomic E-state index is 0.487. The molecule has 2 saturated carbocycles. The van der Waals surface area contributed by atoms with Gasteiger partial charge in [0.25, 0.3) is 0 Å². The first kappa shape index (κ1) is 10.5. The molecule has 0 heteroatoms. The fourth-order valence-corrected chi connectivity index (χ4v) is 5.52. The molecule has 0 amide bonds. The van der Waals surface area contributed by atoms with Crippen LogP contribution in [0.3, 0.4) is 0 Å². The second-order valence-corrected chi connectivity index (χ2v) is 7.23. The minimum Gasteiger partial charge on any atom is -0.0617 e. The van der Waals surface area contributed by atoms with E-state index in [1.807, 2.05) is 0 Å². The van der Waals surface area contributed by atoms with Crippen molar-refractivity contribution in [2.75, 3.05) is 0 Å². The molecular weight excluding hydrogens is 168 g/mol. The van der Waals surface area contributed by atoms with Crippen LogP contribution in [0.25, 0.3) is 0 Å². The smallest absolute Gasteiger partial charge is 0.0179 e. The normalized spacial score (nSPS) is 58.3. The maximum absolute atomic E-state index is 2.52. The van der Waals surface area contributed by atoms with Crippen LogP contribution in [0, 0.1) is 33.5 Å². The first-order valence-corrected chi connectivity index (χ1v) is 6.07. The molecule has 4 atom stereocenters. The Morgan fingerprint density at radius 1 is 0.571 bits per heavy atom. The molecule has 14 heavy (non-hydrogen) atoms. The topological polar surface area (TPSA) is 0 Å². The van der Waals surface area contributed by atoms with Gasteiger partial charge < -0.3 is 0 Å². The van der Waals surface area contributed by atoms with Crippen molar-refractivity contribution in [2.45, 2.75) is 55.4 Å². The molecule has 0 nitrogen and oxygen atoms in total. The van der Waals surface area contributed by atoms with Crippen molar-refractivity contribution in [1.29, 1.82) is 0 Å². The molecule has 2 aliphatic carbocycles. The highest BCUT2D eigenvalue weighted by Crippen LogP contribution is 2.89. The number of fused-ring (bicyclic) bond motifs is 1. The van der Waals surface area contributed by atoms with Crippen LogP contribution in [0.4, 0.5) is 0 Å². The first-order valence-electron chi connectivity index (χ1n) is 6.07. The Labute approximate surface area is 89.5 Å². The van der Waals surface area contributed by atoms with E-state index in [2.05, 4.69) is 55.4 Å². The predicted molar refractivity (Wildman–Crippen MR) is 62.1 cm³/mol. The molecule has 2 rings (SSSR count). The molecule has 0 aromatic heterocycles. The standard InChI is InChI=1S/C14H26/c1-9-10(2)14(8)12(5,6)11(3,4)13(9,14)7/h9-10H,1-8H3. The van der Waals surface area contributed by atoms with E-state index >= 15 is 0 Å². The molecule has 0 saturated heterocycles. The molecule has 0 bridgehead atoms. The third-order valence-corrected chi connectivity index (χ3v) is 7.81. The van der Waals surface area contributed by atoms with Crippen molar-refractivity contribution in [3.8, 4) is 0 Å². The number of hydrogen-bond donors (Lipinski definition) is 0. The molecule has 2 aliphatic rings. The molecule has 0 N–H and O–H groups in total. The van der Waals surface area contributed by atoms with Gasteiger partial charge in [0.1, 0.15) is 0 Å². The van der Waals surface area contributed by atoms with E-state index in [1.54, 1.807) is 0 Å². The van der Waals surface area contributed by atoms with Gasteiger partial charge in [0.15, 0.2) is 0 Å². The van der Waals surface area contributed by atoms with E-state index in [0.717, 1.165) is 11.8 Å². The van der Waals surface area contributed by atoms with Gasteiger partial charge in [-0.1, -0.05) is 55.4 Å². The molecule has 4 unspecified atom stereocenters. The molecule has 0 heterocycles. The molecule has 0 radical (unpaired) electrons. The highest BCUT2D eigenvalue weighted by molar-refractivity contribution is 5.32. The zero-order valence-electron chi connectivity index (χ0n) is 11.2. The van der Waals surface area contributed by atoms with Gasteiger partial charge in [0, 0.05) is 0 Å². The van der Waals surface area contributed by atoms with Gasteiger partial charge in [-0.15, -0.1) is 0 Å². The van der Waals surface area contributed by atoms with Crippen LogP contribution < -0.4 is 0 Å². The zero-order valence-corrected chi connectivity index (χ0v) is 11.2. The molecule has 0 aliphatic heterocycles. The van der Waals surface area contributed by atoms with E-state index in [4.69, 9.17) is 0 Å². The second-order valence-electron chi connectivity index (χ2n) is 7.23. The van der Waals surface area contributed by atoms with Crippen LogP contribution in [-0.4, -0.2) is 0 Å². The predicted octanol–water partition coefficient (Wildman–Crippen LogP) is 4.35. The molecule has 2 fully saturated rings. The molecular formula is C14H26. The maximum Gasteiger partial charge on any atom is -0.0179 e. The van der Waals surface area contributed by atoms with Gasteiger partial charge in [-0.05, 0) is 33.5 Å². The van der Waals surface area contributed by atoms with Crippen molar-refractivity contribution in [2.24, 2.45) is 33.5 Å². The Morgan fingerprint density at radius 3 is 1.00 bits per heavy atom. The Balaban J connectivity index is 2.51. The summed E-state index contributed by atoms with van der Waals surface area (Å²) in [5.41, 5.74) is 2.09. The van der Waals surface area contributed by atoms with Gasteiger partial charge >= 0.3 is 0 Å². The van der Waals surface area contributed by atoms with E-state index in [-0.39, 0.29) is 0 Å². The van der Waals surface area contributed by atoms with Crippen LogP contribution in [0.1, 0.15) is 55.4 Å². The first-order chi connectivity index (χ1) is 6.07. The Morgan fingerprint density at radius 2 is 0.786 bits per heavy atom. The molecule has 82 valence electrons. The lowest BCUT2D eigenvalue weighted by atomic mass is 9.15. The van der Waals surface area contributed by atoms with Crippen molar-refractivity contribution in [3.63, 3.8) is 0 Å². The summed E-state index contributed by atoms with van der Waals surface area (Å²) in [5, 5.41) is 0. The van der Waals surface area contributed by atoms with Crippen molar-refractivity contribution in [1.82, 2.24) is 0 Å². The average Bonchev–Trinajstić information content (AvgIpc) is 2.11. The summed E-state index contributed by atoms with van der Waals surface area (Å²) in [6.45, 7) is 19.8. The highest BCUT2D eigenvalue weighted by Gasteiger charge is 2.84. The minimum atomic E-state index is 0.487. The molecule has 0 aromatic rings. The summed E-state index contributed by atoms with van der Waals surface area (Å²) in [4.78, 5) is 0. The van der Waals surface area contributed by atoms with Gasteiger partial charge in [0.2, 0.25) is 0 Å². The number of rotatable bonds is 0. The van der Waals surface area contributed by atoms with Crippen LogP contribution in [0.5, 0.6) is 0 Å². The quantitative estimate of drug-likeness (QED) is 0.538. The lowest BCUT2D eigenvalue weighted by molar-refractivity contribution is -0.421. The molecule has 0 spiro atoms. The van der Waals surface area contributed by atoms with Crippen LogP contribution in [-0.2, 0) is 0 Å². The monoisotopic (exact) mass is 194 g/mol. The third-order valence-electron chi connectivity index (χ3n) is 7.81. The SMILES string of the molecule is CC1C(C)C2(C)C(C)(C)C(C)(C)C12C. The Kier molecular flexibility index (Phi) is 1.56. The average molecular weight is 194 g/mol. The summed E-state index contributed by atoms with van der Waals surface area (Å²) < 4.78 is 0. The fourth-order valence-electron chi connectivity index (χ4n) is 5.52. The van der Waals surface area contributed by atoms with Crippen molar-refractivity contribution in [3.05, 3.63) is 0 Å². The zero-order chi connectivity index (χ0) is 11.2. The third kappa shape index (κ3) is 0.537. The van der Waals surface area contributed by atoms with Crippen molar-refractivity contribution >= 4 is 0 Å². The Hall–Kier alpha value is 0. The van der Waals surface area contributed by atoms with Gasteiger partial charge in [-0.3, -0.25) is 0 Å². The summed E-state index contributed by atoms with van der Waals surface area (Å²) in [6.07, 6.45) is 0. The molecule has 0 aromatic carbocycles.